The van der Waals surface area contributed by atoms with Gasteiger partial charge in [-0.15, -0.1) is 0 Å². The van der Waals surface area contributed by atoms with Crippen LogP contribution >= 0.6 is 0 Å². The lowest BCUT2D eigenvalue weighted by Gasteiger charge is -2.57. The third-order valence-corrected chi connectivity index (χ3v) is 8.26. The van der Waals surface area contributed by atoms with Crippen LogP contribution in [0.2, 0.25) is 0 Å². The van der Waals surface area contributed by atoms with Crippen molar-refractivity contribution in [3.63, 3.8) is 0 Å². The average molecular weight is 463 g/mol. The Kier molecular flexibility index (Phi) is 6.87. The molecule has 0 unspecified atom stereocenters. The lowest BCUT2D eigenvalue weighted by Crippen LogP contribution is -2.57. The second kappa shape index (κ2) is 8.90. The van der Waals surface area contributed by atoms with Crippen molar-refractivity contribution < 1.29 is 33.7 Å². The van der Waals surface area contributed by atoms with Crippen LogP contribution in [0, 0.1) is 22.7 Å². The van der Waals surface area contributed by atoms with Crippen LogP contribution in [0.3, 0.4) is 0 Å². The van der Waals surface area contributed by atoms with Gasteiger partial charge < -0.3 is 19.3 Å². The van der Waals surface area contributed by atoms with Gasteiger partial charge in [0.05, 0.1) is 6.10 Å². The van der Waals surface area contributed by atoms with Crippen LogP contribution in [0.5, 0.6) is 0 Å². The van der Waals surface area contributed by atoms with Crippen LogP contribution in [0.15, 0.2) is 23.3 Å². The predicted octanol–water partition coefficient (Wildman–Crippen LogP) is 3.88. The highest BCUT2D eigenvalue weighted by atomic mass is 16.6. The van der Waals surface area contributed by atoms with Gasteiger partial charge >= 0.3 is 17.9 Å². The lowest BCUT2D eigenvalue weighted by atomic mass is 9.50. The van der Waals surface area contributed by atoms with E-state index in [1.54, 1.807) is 0 Å². The first-order valence-electron chi connectivity index (χ1n) is 11.8. The van der Waals surface area contributed by atoms with Crippen molar-refractivity contribution in [2.24, 2.45) is 22.7 Å². The molecule has 2 bridgehead atoms. The van der Waals surface area contributed by atoms with E-state index in [4.69, 9.17) is 14.2 Å². The molecule has 0 heterocycles. The molecule has 1 N–H and O–H groups in total. The van der Waals surface area contributed by atoms with E-state index >= 15 is 0 Å². The average Bonchev–Trinajstić information content (AvgIpc) is 2.62. The van der Waals surface area contributed by atoms with Crippen molar-refractivity contribution in [3.05, 3.63) is 23.3 Å². The summed E-state index contributed by atoms with van der Waals surface area (Å²) in [4.78, 5) is 35.8. The highest BCUT2D eigenvalue weighted by Gasteiger charge is 2.58. The highest BCUT2D eigenvalue weighted by Crippen LogP contribution is 2.59. The first kappa shape index (κ1) is 25.5. The van der Waals surface area contributed by atoms with E-state index in [0.29, 0.717) is 19.3 Å². The minimum Gasteiger partial charge on any atom is -0.462 e. The third kappa shape index (κ3) is 4.61. The van der Waals surface area contributed by atoms with Crippen molar-refractivity contribution in [2.75, 3.05) is 0 Å². The van der Waals surface area contributed by atoms with E-state index < -0.39 is 35.1 Å². The second-order valence-corrected chi connectivity index (χ2v) is 10.9. The molecule has 3 rings (SSSR count). The Hall–Kier alpha value is -2.15. The number of rotatable bonds is 3. The topological polar surface area (TPSA) is 99.1 Å². The molecule has 0 radical (unpaired) electrons. The summed E-state index contributed by atoms with van der Waals surface area (Å²) >= 11 is 0. The van der Waals surface area contributed by atoms with Gasteiger partial charge in [-0.2, -0.15) is 0 Å². The molecule has 0 spiro atoms. The van der Waals surface area contributed by atoms with Crippen molar-refractivity contribution >= 4 is 17.9 Å². The number of esters is 3. The molecule has 3 aliphatic rings. The van der Waals surface area contributed by atoms with Crippen LogP contribution in [-0.2, 0) is 28.6 Å². The minimum atomic E-state index is -0.787. The maximum Gasteiger partial charge on any atom is 0.303 e. The summed E-state index contributed by atoms with van der Waals surface area (Å²) in [5.74, 6) is -1.45. The zero-order valence-electron chi connectivity index (χ0n) is 20.9. The van der Waals surface area contributed by atoms with Crippen LogP contribution in [0.4, 0.5) is 0 Å². The SMILES string of the molecule is C=C1[C@@H](OC(C)=O)C[C@H](O)[C@@]2(C)C[C@H](OC(C)=O)C3=C(C)C[C@H](OC(C)=O)[C@@H](C[C@H]12)C3(C)C. The van der Waals surface area contributed by atoms with E-state index in [2.05, 4.69) is 20.4 Å². The zero-order valence-corrected chi connectivity index (χ0v) is 20.9. The number of hydrogen-bond acceptors (Lipinski definition) is 7. The van der Waals surface area contributed by atoms with Crippen LogP contribution in [0.25, 0.3) is 0 Å². The van der Waals surface area contributed by atoms with Crippen LogP contribution in [0.1, 0.15) is 74.1 Å². The van der Waals surface area contributed by atoms with Crippen molar-refractivity contribution in [3.8, 4) is 0 Å². The number of carbonyl (C=O) groups is 3. The summed E-state index contributed by atoms with van der Waals surface area (Å²) in [6, 6.07) is 0. The van der Waals surface area contributed by atoms with Gasteiger partial charge in [0.2, 0.25) is 0 Å². The van der Waals surface area contributed by atoms with Gasteiger partial charge in [-0.3, -0.25) is 14.4 Å². The molecule has 33 heavy (non-hydrogen) atoms. The van der Waals surface area contributed by atoms with Gasteiger partial charge in [0.25, 0.3) is 0 Å². The molecule has 2 fully saturated rings. The van der Waals surface area contributed by atoms with Gasteiger partial charge in [-0.05, 0) is 42.2 Å². The number of ether oxygens (including phenoxy) is 3. The quantitative estimate of drug-likeness (QED) is 0.386. The fraction of sp³-hybridized carbons (Fsp3) is 0.731. The molecule has 7 atom stereocenters. The summed E-state index contributed by atoms with van der Waals surface area (Å²) in [6.07, 6.45) is -0.378. The second-order valence-electron chi connectivity index (χ2n) is 10.9. The molecule has 0 amide bonds. The van der Waals surface area contributed by atoms with Gasteiger partial charge in [0, 0.05) is 44.9 Å². The first-order chi connectivity index (χ1) is 15.2. The Labute approximate surface area is 196 Å². The maximum absolute atomic E-state index is 12.1. The van der Waals surface area contributed by atoms with Gasteiger partial charge in [-0.25, -0.2) is 0 Å². The monoisotopic (exact) mass is 462 g/mol. The maximum atomic E-state index is 12.1. The summed E-state index contributed by atoms with van der Waals surface area (Å²) in [7, 11) is 0. The summed E-state index contributed by atoms with van der Waals surface area (Å²) < 4.78 is 17.2. The third-order valence-electron chi connectivity index (χ3n) is 8.26. The molecule has 7 heteroatoms. The van der Waals surface area contributed by atoms with E-state index in [1.165, 1.54) is 20.8 Å². The molecule has 0 aromatic rings. The zero-order chi connectivity index (χ0) is 24.9. The lowest BCUT2D eigenvalue weighted by molar-refractivity contribution is -0.166. The first-order valence-corrected chi connectivity index (χ1v) is 11.8. The van der Waals surface area contributed by atoms with Gasteiger partial charge in [-0.1, -0.05) is 32.9 Å². The normalized spacial score (nSPS) is 37.9. The molecule has 3 aliphatic carbocycles. The van der Waals surface area contributed by atoms with Crippen molar-refractivity contribution in [1.82, 2.24) is 0 Å². The highest BCUT2D eigenvalue weighted by molar-refractivity contribution is 5.67. The minimum absolute atomic E-state index is 0.0946. The fourth-order valence-corrected chi connectivity index (χ4v) is 6.82. The van der Waals surface area contributed by atoms with E-state index in [9.17, 15) is 19.5 Å². The van der Waals surface area contributed by atoms with Crippen LogP contribution in [-0.4, -0.2) is 47.4 Å². The molecular weight excluding hydrogens is 424 g/mol. The molecule has 2 saturated carbocycles. The van der Waals surface area contributed by atoms with E-state index in [-0.39, 0.29) is 36.3 Å². The molecule has 0 aromatic carbocycles. The number of aliphatic hydroxyl groups excluding tert-OH is 1. The van der Waals surface area contributed by atoms with E-state index in [1.807, 2.05) is 13.8 Å². The standard InChI is InChI=1S/C26H38O7/c1-13-9-21(32-16(4)28)19-10-18-14(2)20(31-15(3)27)11-23(30)26(18,8)12-22(33-17(5)29)24(13)25(19,6)7/h18-23,30H,2,9-12H2,1,3-8H3/t18-,19-,20+,21+,22+,23+,26+/m1/s1. The molecule has 0 saturated heterocycles. The van der Waals surface area contributed by atoms with Crippen LogP contribution < -0.4 is 0 Å². The number of aliphatic hydroxyl groups is 1. The molecule has 7 nitrogen and oxygen atoms in total. The molecular formula is C26H38O7. The largest absolute Gasteiger partial charge is 0.462 e. The Morgan fingerprint density at radius 3 is 2.03 bits per heavy atom. The number of fused-ring (bicyclic) bond motifs is 3. The van der Waals surface area contributed by atoms with E-state index in [0.717, 1.165) is 16.7 Å². The van der Waals surface area contributed by atoms with Crippen molar-refractivity contribution in [2.45, 2.75) is 98.6 Å². The summed E-state index contributed by atoms with van der Waals surface area (Å²) in [6.45, 7) is 16.7. The Morgan fingerprint density at radius 1 is 0.939 bits per heavy atom. The van der Waals surface area contributed by atoms with Crippen molar-refractivity contribution in [1.29, 1.82) is 0 Å². The number of hydrogen-bond donors (Lipinski definition) is 1. The molecule has 0 aliphatic heterocycles. The smallest absolute Gasteiger partial charge is 0.303 e. The Bertz CT molecular complexity index is 885. The Morgan fingerprint density at radius 2 is 1.48 bits per heavy atom. The van der Waals surface area contributed by atoms with Gasteiger partial charge in [0.15, 0.2) is 0 Å². The predicted molar refractivity (Wildman–Crippen MR) is 122 cm³/mol. The summed E-state index contributed by atoms with van der Waals surface area (Å²) in [5, 5.41) is 11.3. The molecule has 0 aromatic heterocycles. The fourth-order valence-electron chi connectivity index (χ4n) is 6.82. The number of carbonyl (C=O) groups excluding carboxylic acids is 3. The Balaban J connectivity index is 2.17. The summed E-state index contributed by atoms with van der Waals surface area (Å²) in [5.41, 5.74) is 1.77. The van der Waals surface area contributed by atoms with Gasteiger partial charge in [0.1, 0.15) is 18.3 Å². The molecule has 184 valence electrons.